The number of rotatable bonds is 5. The first kappa shape index (κ1) is 26.8. The van der Waals surface area contributed by atoms with Crippen molar-refractivity contribution in [1.29, 1.82) is 0 Å². The van der Waals surface area contributed by atoms with Crippen LogP contribution in [0.15, 0.2) is 156 Å². The number of nitrogens with zero attached hydrogens (tertiary/aromatic N) is 5. The number of pyridine rings is 2. The van der Waals surface area contributed by atoms with Crippen molar-refractivity contribution in [2.24, 2.45) is 0 Å². The Morgan fingerprint density at radius 3 is 1.85 bits per heavy atom. The van der Waals surface area contributed by atoms with E-state index in [1.807, 2.05) is 97.1 Å². The van der Waals surface area contributed by atoms with E-state index in [2.05, 4.69) is 48.5 Å². The topological polar surface area (TPSA) is 77.6 Å². The summed E-state index contributed by atoms with van der Waals surface area (Å²) < 4.78 is 6.17. The molecule has 0 unspecified atom stereocenters. The SMILES string of the molecule is c1ccc(-c2nc(-c3ccccc3)nc(-c3cccc(-c4ccc5cccc(-c6nccc7oc8ccccc8c67)c5n4)c3)n2)cc1. The van der Waals surface area contributed by atoms with E-state index in [1.165, 1.54) is 0 Å². The van der Waals surface area contributed by atoms with Crippen molar-refractivity contribution in [1.82, 2.24) is 24.9 Å². The van der Waals surface area contributed by atoms with Crippen molar-refractivity contribution < 1.29 is 4.42 Å². The van der Waals surface area contributed by atoms with E-state index >= 15 is 0 Å². The van der Waals surface area contributed by atoms with Gasteiger partial charge in [-0.1, -0.05) is 121 Å². The van der Waals surface area contributed by atoms with Crippen LogP contribution >= 0.6 is 0 Å². The van der Waals surface area contributed by atoms with Gasteiger partial charge < -0.3 is 4.42 Å². The van der Waals surface area contributed by atoms with Gasteiger partial charge in [-0.05, 0) is 24.3 Å². The second-order valence-electron chi connectivity index (χ2n) is 11.3. The van der Waals surface area contributed by atoms with Gasteiger partial charge in [0.15, 0.2) is 17.5 Å². The maximum absolute atomic E-state index is 6.17. The Labute approximate surface area is 270 Å². The van der Waals surface area contributed by atoms with Gasteiger partial charge in [-0.2, -0.15) is 0 Å². The molecule has 0 bridgehead atoms. The fourth-order valence-electron chi connectivity index (χ4n) is 6.13. The van der Waals surface area contributed by atoms with Crippen LogP contribution in [0, 0.1) is 0 Å². The number of para-hydroxylation sites is 2. The van der Waals surface area contributed by atoms with Gasteiger partial charge in [-0.25, -0.2) is 19.9 Å². The molecule has 0 radical (unpaired) electrons. The zero-order chi connectivity index (χ0) is 31.2. The van der Waals surface area contributed by atoms with Crippen LogP contribution in [-0.4, -0.2) is 24.9 Å². The van der Waals surface area contributed by atoms with Gasteiger partial charge in [0, 0.05) is 44.8 Å². The van der Waals surface area contributed by atoms with Crippen molar-refractivity contribution in [2.75, 3.05) is 0 Å². The molecule has 0 aliphatic heterocycles. The third-order valence-corrected chi connectivity index (χ3v) is 8.38. The molecule has 47 heavy (non-hydrogen) atoms. The van der Waals surface area contributed by atoms with Crippen molar-refractivity contribution >= 4 is 32.8 Å². The first-order chi connectivity index (χ1) is 23.3. The van der Waals surface area contributed by atoms with E-state index < -0.39 is 0 Å². The molecule has 0 atom stereocenters. The lowest BCUT2D eigenvalue weighted by molar-refractivity contribution is 0.668. The van der Waals surface area contributed by atoms with Gasteiger partial charge >= 0.3 is 0 Å². The summed E-state index contributed by atoms with van der Waals surface area (Å²) in [5.41, 5.74) is 8.87. The molecule has 0 saturated carbocycles. The van der Waals surface area contributed by atoms with Gasteiger partial charge in [0.25, 0.3) is 0 Å². The molecule has 0 spiro atoms. The Morgan fingerprint density at radius 2 is 1.09 bits per heavy atom. The first-order valence-electron chi connectivity index (χ1n) is 15.4. The summed E-state index contributed by atoms with van der Waals surface area (Å²) in [7, 11) is 0. The smallest absolute Gasteiger partial charge is 0.164 e. The number of benzene rings is 5. The van der Waals surface area contributed by atoms with Crippen molar-refractivity contribution in [3.63, 3.8) is 0 Å². The summed E-state index contributed by atoms with van der Waals surface area (Å²) in [6.45, 7) is 0. The predicted molar refractivity (Wildman–Crippen MR) is 187 cm³/mol. The molecule has 220 valence electrons. The summed E-state index contributed by atoms with van der Waals surface area (Å²) in [4.78, 5) is 24.8. The third-order valence-electron chi connectivity index (χ3n) is 8.38. The highest BCUT2D eigenvalue weighted by Gasteiger charge is 2.17. The van der Waals surface area contributed by atoms with Crippen molar-refractivity contribution in [3.8, 4) is 56.7 Å². The number of aromatic nitrogens is 5. The largest absolute Gasteiger partial charge is 0.456 e. The Hall–Kier alpha value is -6.53. The summed E-state index contributed by atoms with van der Waals surface area (Å²) in [5.74, 6) is 1.85. The third kappa shape index (κ3) is 4.80. The van der Waals surface area contributed by atoms with Crippen LogP contribution < -0.4 is 0 Å². The van der Waals surface area contributed by atoms with E-state index in [0.717, 1.165) is 72.0 Å². The molecule has 0 saturated heterocycles. The minimum absolute atomic E-state index is 0.601. The van der Waals surface area contributed by atoms with E-state index in [9.17, 15) is 0 Å². The molecule has 4 heterocycles. The van der Waals surface area contributed by atoms with Crippen molar-refractivity contribution in [3.05, 3.63) is 152 Å². The Balaban J connectivity index is 1.18. The van der Waals surface area contributed by atoms with E-state index in [-0.39, 0.29) is 0 Å². The summed E-state index contributed by atoms with van der Waals surface area (Å²) in [6.07, 6.45) is 1.80. The second-order valence-corrected chi connectivity index (χ2v) is 11.3. The van der Waals surface area contributed by atoms with Gasteiger partial charge in [0.1, 0.15) is 11.2 Å². The average Bonchev–Trinajstić information content (AvgIpc) is 3.54. The lowest BCUT2D eigenvalue weighted by Gasteiger charge is -2.11. The van der Waals surface area contributed by atoms with Gasteiger partial charge in [-0.3, -0.25) is 4.98 Å². The van der Waals surface area contributed by atoms with Gasteiger partial charge in [-0.15, -0.1) is 0 Å². The van der Waals surface area contributed by atoms with Crippen LogP contribution in [0.3, 0.4) is 0 Å². The Bertz CT molecular complexity index is 2520. The lowest BCUT2D eigenvalue weighted by atomic mass is 10.0. The zero-order valence-corrected chi connectivity index (χ0v) is 25.1. The summed E-state index contributed by atoms with van der Waals surface area (Å²) in [6, 6.07) is 48.6. The number of hydrogen-bond donors (Lipinski definition) is 0. The maximum atomic E-state index is 6.17. The molecule has 6 nitrogen and oxygen atoms in total. The quantitative estimate of drug-likeness (QED) is 0.195. The molecule has 0 amide bonds. The number of hydrogen-bond acceptors (Lipinski definition) is 6. The number of fused-ring (bicyclic) bond motifs is 4. The highest BCUT2D eigenvalue weighted by Crippen LogP contribution is 2.38. The van der Waals surface area contributed by atoms with Crippen LogP contribution in [0.1, 0.15) is 0 Å². The van der Waals surface area contributed by atoms with Crippen LogP contribution in [0.4, 0.5) is 0 Å². The van der Waals surface area contributed by atoms with Crippen LogP contribution in [0.2, 0.25) is 0 Å². The second kappa shape index (κ2) is 11.1. The molecular formula is C41H25N5O. The molecule has 4 aromatic heterocycles. The number of furan rings is 1. The van der Waals surface area contributed by atoms with E-state index in [0.29, 0.717) is 17.5 Å². The Kier molecular flexibility index (Phi) is 6.35. The maximum Gasteiger partial charge on any atom is 0.164 e. The molecule has 0 fully saturated rings. The fraction of sp³-hybridized carbons (Fsp3) is 0. The highest BCUT2D eigenvalue weighted by atomic mass is 16.3. The lowest BCUT2D eigenvalue weighted by Crippen LogP contribution is -2.00. The first-order valence-corrected chi connectivity index (χ1v) is 15.4. The molecular weight excluding hydrogens is 578 g/mol. The van der Waals surface area contributed by atoms with Crippen molar-refractivity contribution in [2.45, 2.75) is 0 Å². The normalized spacial score (nSPS) is 11.4. The van der Waals surface area contributed by atoms with Gasteiger partial charge in [0.2, 0.25) is 0 Å². The summed E-state index contributed by atoms with van der Waals surface area (Å²) in [5, 5.41) is 3.06. The van der Waals surface area contributed by atoms with Crippen LogP contribution in [-0.2, 0) is 0 Å². The molecule has 9 aromatic rings. The Morgan fingerprint density at radius 1 is 0.447 bits per heavy atom. The highest BCUT2D eigenvalue weighted by molar-refractivity contribution is 6.13. The molecule has 0 aliphatic rings. The minimum atomic E-state index is 0.601. The zero-order valence-electron chi connectivity index (χ0n) is 25.1. The molecule has 0 N–H and O–H groups in total. The molecule has 0 aliphatic carbocycles. The van der Waals surface area contributed by atoms with E-state index in [1.54, 1.807) is 6.20 Å². The van der Waals surface area contributed by atoms with Crippen LogP contribution in [0.5, 0.6) is 0 Å². The standard InChI is InChI=1S/C41H25N5O/c1-3-11-27(12-4-1)39-44-40(28-13-5-2-6-14-28)46-41(45-39)30-17-9-16-29(25-30)33-22-21-26-15-10-19-32(37(26)43-33)38-36-31-18-7-8-20-34(31)47-35(36)23-24-42-38/h1-25H. The fourth-order valence-corrected chi connectivity index (χ4v) is 6.13. The molecule has 6 heteroatoms. The predicted octanol–water partition coefficient (Wildman–Crippen LogP) is 10.0. The average molecular weight is 604 g/mol. The summed E-state index contributed by atoms with van der Waals surface area (Å²) >= 11 is 0. The monoisotopic (exact) mass is 603 g/mol. The minimum Gasteiger partial charge on any atom is -0.456 e. The van der Waals surface area contributed by atoms with Crippen LogP contribution in [0.25, 0.3) is 89.5 Å². The molecule has 5 aromatic carbocycles. The van der Waals surface area contributed by atoms with Gasteiger partial charge in [0.05, 0.1) is 22.3 Å². The molecule has 9 rings (SSSR count). The van der Waals surface area contributed by atoms with E-state index in [4.69, 9.17) is 29.3 Å².